The number of fused-ring (bicyclic) bond motifs is 1. The molecule has 1 unspecified atom stereocenters. The number of hydrogen-bond donors (Lipinski definition) is 1. The van der Waals surface area contributed by atoms with Crippen LogP contribution in [0.1, 0.15) is 18.5 Å². The Morgan fingerprint density at radius 2 is 1.92 bits per heavy atom. The van der Waals surface area contributed by atoms with E-state index >= 15 is 0 Å². The molecule has 1 N–H and O–H groups in total. The van der Waals surface area contributed by atoms with Crippen molar-refractivity contribution in [1.82, 2.24) is 5.32 Å². The molecule has 6 nitrogen and oxygen atoms in total. The Labute approximate surface area is 146 Å². The first kappa shape index (κ1) is 16.8. The molecule has 6 heteroatoms. The summed E-state index contributed by atoms with van der Waals surface area (Å²) in [6.07, 6.45) is 0. The molecule has 0 fully saturated rings. The molecular formula is C19H20N2O4. The van der Waals surface area contributed by atoms with Gasteiger partial charge in [0.05, 0.1) is 13.7 Å². The maximum Gasteiger partial charge on any atom is 0.254 e. The summed E-state index contributed by atoms with van der Waals surface area (Å²) >= 11 is 0. The van der Waals surface area contributed by atoms with Gasteiger partial charge in [0.1, 0.15) is 24.1 Å². The molecule has 1 heterocycles. The minimum Gasteiger partial charge on any atom is -0.497 e. The number of anilines is 1. The van der Waals surface area contributed by atoms with Crippen molar-refractivity contribution in [2.75, 3.05) is 25.2 Å². The molecule has 130 valence electrons. The highest BCUT2D eigenvalue weighted by molar-refractivity contribution is 6.06. The van der Waals surface area contributed by atoms with Crippen molar-refractivity contribution in [3.05, 3.63) is 54.1 Å². The highest BCUT2D eigenvalue weighted by atomic mass is 16.5. The molecule has 25 heavy (non-hydrogen) atoms. The molecule has 1 aliphatic rings. The highest BCUT2D eigenvalue weighted by Gasteiger charge is 2.38. The van der Waals surface area contributed by atoms with E-state index in [0.29, 0.717) is 18.9 Å². The smallest absolute Gasteiger partial charge is 0.254 e. The molecule has 0 bridgehead atoms. The zero-order valence-corrected chi connectivity index (χ0v) is 14.2. The van der Waals surface area contributed by atoms with Gasteiger partial charge in [-0.15, -0.1) is 0 Å². The molecule has 0 radical (unpaired) electrons. The standard InChI is InChI=1S/C19H20N2O4/c1-13(22)20-18-16-12-15(24-2)8-9-17(16)21(19(18)23)10-11-25-14-6-4-3-5-7-14/h3-9,12,18H,10-11H2,1-2H3,(H,20,22). The minimum absolute atomic E-state index is 0.171. The number of carbonyl (C=O) groups is 2. The molecule has 0 saturated carbocycles. The molecule has 3 rings (SSSR count). The van der Waals surface area contributed by atoms with Gasteiger partial charge in [-0.2, -0.15) is 0 Å². The second-order valence-electron chi connectivity index (χ2n) is 5.71. The normalized spacial score (nSPS) is 15.7. The minimum atomic E-state index is -0.695. The Balaban J connectivity index is 1.78. The molecule has 0 saturated heterocycles. The van der Waals surface area contributed by atoms with Crippen LogP contribution >= 0.6 is 0 Å². The van der Waals surface area contributed by atoms with Crippen molar-refractivity contribution >= 4 is 17.5 Å². The summed E-state index contributed by atoms with van der Waals surface area (Å²) in [6, 6.07) is 14.2. The van der Waals surface area contributed by atoms with Gasteiger partial charge in [0, 0.05) is 18.2 Å². The van der Waals surface area contributed by atoms with Crippen molar-refractivity contribution in [2.24, 2.45) is 0 Å². The van der Waals surface area contributed by atoms with E-state index in [2.05, 4.69) is 5.32 Å². The maximum absolute atomic E-state index is 12.8. The van der Waals surface area contributed by atoms with E-state index < -0.39 is 6.04 Å². The summed E-state index contributed by atoms with van der Waals surface area (Å²) in [5.74, 6) is 0.969. The van der Waals surface area contributed by atoms with Crippen LogP contribution in [0.3, 0.4) is 0 Å². The highest BCUT2D eigenvalue weighted by Crippen LogP contribution is 2.38. The maximum atomic E-state index is 12.8. The van der Waals surface area contributed by atoms with Crippen LogP contribution in [-0.2, 0) is 9.59 Å². The Hall–Kier alpha value is -3.02. The Morgan fingerprint density at radius 3 is 2.60 bits per heavy atom. The van der Waals surface area contributed by atoms with Crippen LogP contribution in [0.2, 0.25) is 0 Å². The van der Waals surface area contributed by atoms with E-state index in [1.807, 2.05) is 36.4 Å². The predicted molar refractivity (Wildman–Crippen MR) is 93.8 cm³/mol. The number of para-hydroxylation sites is 1. The number of methoxy groups -OCH3 is 1. The fourth-order valence-electron chi connectivity index (χ4n) is 2.89. The second-order valence-corrected chi connectivity index (χ2v) is 5.71. The van der Waals surface area contributed by atoms with E-state index in [0.717, 1.165) is 17.0 Å². The van der Waals surface area contributed by atoms with Gasteiger partial charge >= 0.3 is 0 Å². The van der Waals surface area contributed by atoms with Crippen LogP contribution in [0.5, 0.6) is 11.5 Å². The molecule has 0 aliphatic carbocycles. The fourth-order valence-corrected chi connectivity index (χ4v) is 2.89. The Kier molecular flexibility index (Phi) is 4.88. The van der Waals surface area contributed by atoms with Crippen molar-refractivity contribution < 1.29 is 19.1 Å². The molecule has 0 spiro atoms. The number of hydrogen-bond acceptors (Lipinski definition) is 4. The van der Waals surface area contributed by atoms with Gasteiger partial charge in [-0.25, -0.2) is 0 Å². The van der Waals surface area contributed by atoms with Gasteiger partial charge in [-0.3, -0.25) is 9.59 Å². The van der Waals surface area contributed by atoms with Crippen molar-refractivity contribution in [3.63, 3.8) is 0 Å². The van der Waals surface area contributed by atoms with E-state index in [-0.39, 0.29) is 11.8 Å². The zero-order valence-electron chi connectivity index (χ0n) is 14.2. The van der Waals surface area contributed by atoms with Gasteiger partial charge in [0.15, 0.2) is 0 Å². The quantitative estimate of drug-likeness (QED) is 0.876. The number of ether oxygens (including phenoxy) is 2. The number of carbonyl (C=O) groups excluding carboxylic acids is 2. The fraction of sp³-hybridized carbons (Fsp3) is 0.263. The Bertz CT molecular complexity index is 776. The average Bonchev–Trinajstić information content (AvgIpc) is 2.87. The monoisotopic (exact) mass is 340 g/mol. The van der Waals surface area contributed by atoms with Crippen LogP contribution in [0, 0.1) is 0 Å². The summed E-state index contributed by atoms with van der Waals surface area (Å²) in [7, 11) is 1.57. The van der Waals surface area contributed by atoms with Crippen molar-refractivity contribution in [1.29, 1.82) is 0 Å². The lowest BCUT2D eigenvalue weighted by atomic mass is 10.1. The lowest BCUT2D eigenvalue weighted by Crippen LogP contribution is -2.38. The van der Waals surface area contributed by atoms with E-state index in [4.69, 9.17) is 9.47 Å². The predicted octanol–water partition coefficient (Wildman–Crippen LogP) is 2.30. The van der Waals surface area contributed by atoms with E-state index in [9.17, 15) is 9.59 Å². The lowest BCUT2D eigenvalue weighted by molar-refractivity contribution is -0.126. The largest absolute Gasteiger partial charge is 0.497 e. The first-order valence-electron chi connectivity index (χ1n) is 8.04. The number of nitrogens with one attached hydrogen (secondary N) is 1. The van der Waals surface area contributed by atoms with Crippen LogP contribution in [-0.4, -0.2) is 32.1 Å². The second kappa shape index (κ2) is 7.25. The van der Waals surface area contributed by atoms with Crippen LogP contribution in [0.4, 0.5) is 5.69 Å². The summed E-state index contributed by atoms with van der Waals surface area (Å²) in [6.45, 7) is 2.14. The lowest BCUT2D eigenvalue weighted by Gasteiger charge is -2.18. The number of amides is 2. The van der Waals surface area contributed by atoms with Crippen LogP contribution in [0.15, 0.2) is 48.5 Å². The SMILES string of the molecule is COc1ccc2c(c1)C(NC(C)=O)C(=O)N2CCOc1ccccc1. The number of nitrogens with zero attached hydrogens (tertiary/aromatic N) is 1. The average molecular weight is 340 g/mol. The summed E-state index contributed by atoms with van der Waals surface area (Å²) in [5, 5.41) is 2.71. The zero-order chi connectivity index (χ0) is 17.8. The molecule has 1 atom stereocenters. The summed E-state index contributed by atoms with van der Waals surface area (Å²) in [5.41, 5.74) is 1.50. The van der Waals surface area contributed by atoms with Gasteiger partial charge in [0.25, 0.3) is 5.91 Å². The summed E-state index contributed by atoms with van der Waals surface area (Å²) < 4.78 is 10.9. The van der Waals surface area contributed by atoms with Gasteiger partial charge in [-0.1, -0.05) is 18.2 Å². The van der Waals surface area contributed by atoms with E-state index in [1.165, 1.54) is 6.92 Å². The molecular weight excluding hydrogens is 320 g/mol. The van der Waals surface area contributed by atoms with Gasteiger partial charge in [-0.05, 0) is 30.3 Å². The molecule has 2 aromatic carbocycles. The summed E-state index contributed by atoms with van der Waals surface area (Å²) in [4.78, 5) is 25.9. The molecule has 0 aromatic heterocycles. The first-order valence-corrected chi connectivity index (χ1v) is 8.04. The topological polar surface area (TPSA) is 67.9 Å². The molecule has 1 aliphatic heterocycles. The first-order chi connectivity index (χ1) is 12.1. The van der Waals surface area contributed by atoms with Gasteiger partial charge in [0.2, 0.25) is 5.91 Å². The van der Waals surface area contributed by atoms with E-state index in [1.54, 1.807) is 24.1 Å². The van der Waals surface area contributed by atoms with Crippen molar-refractivity contribution in [2.45, 2.75) is 13.0 Å². The third-order valence-electron chi connectivity index (χ3n) is 4.02. The Morgan fingerprint density at radius 1 is 1.16 bits per heavy atom. The third kappa shape index (κ3) is 3.57. The number of rotatable bonds is 6. The molecule has 2 aromatic rings. The number of benzene rings is 2. The van der Waals surface area contributed by atoms with Gasteiger partial charge < -0.3 is 19.7 Å². The van der Waals surface area contributed by atoms with Crippen LogP contribution in [0.25, 0.3) is 0 Å². The van der Waals surface area contributed by atoms with Crippen molar-refractivity contribution in [3.8, 4) is 11.5 Å². The van der Waals surface area contributed by atoms with Crippen LogP contribution < -0.4 is 19.7 Å². The third-order valence-corrected chi connectivity index (χ3v) is 4.02. The molecule has 2 amide bonds.